The van der Waals surface area contributed by atoms with Crippen LogP contribution in [0.3, 0.4) is 0 Å². The van der Waals surface area contributed by atoms with Gasteiger partial charge in [-0.3, -0.25) is 4.79 Å². The molecule has 0 heterocycles. The summed E-state index contributed by atoms with van der Waals surface area (Å²) in [7, 11) is 0. The van der Waals surface area contributed by atoms with E-state index in [1.165, 1.54) is 0 Å². The van der Waals surface area contributed by atoms with E-state index in [4.69, 9.17) is 16.3 Å². The molecule has 4 heteroatoms. The molecule has 2 aromatic rings. The lowest BCUT2D eigenvalue weighted by Gasteiger charge is -2.27. The highest BCUT2D eigenvalue weighted by atomic mass is 35.5. The van der Waals surface area contributed by atoms with Gasteiger partial charge in [-0.2, -0.15) is 0 Å². The molecule has 0 unspecified atom stereocenters. The first-order valence-corrected chi connectivity index (χ1v) is 8.07. The largest absolute Gasteiger partial charge is 0.484 e. The number of amides is 1. The SMILES string of the molecule is Cc1cc(OCC(=O)N(Cc2ccccc2)C(C)C)ccc1Cl. The molecule has 1 amide bonds. The van der Waals surface area contributed by atoms with Crippen molar-refractivity contribution in [1.82, 2.24) is 4.90 Å². The van der Waals surface area contributed by atoms with Crippen molar-refractivity contribution in [3.8, 4) is 5.75 Å². The second kappa shape index (κ2) is 8.02. The summed E-state index contributed by atoms with van der Waals surface area (Å²) in [6.07, 6.45) is 0. The topological polar surface area (TPSA) is 29.5 Å². The first-order valence-electron chi connectivity index (χ1n) is 7.69. The maximum absolute atomic E-state index is 12.5. The van der Waals surface area contributed by atoms with Crippen LogP contribution in [0.2, 0.25) is 5.02 Å². The summed E-state index contributed by atoms with van der Waals surface area (Å²) in [5.41, 5.74) is 2.04. The highest BCUT2D eigenvalue weighted by Crippen LogP contribution is 2.21. The number of aryl methyl sites for hydroxylation is 1. The zero-order chi connectivity index (χ0) is 16.8. The van der Waals surface area contributed by atoms with Gasteiger partial charge in [0.25, 0.3) is 5.91 Å². The number of ether oxygens (including phenoxy) is 1. The quantitative estimate of drug-likeness (QED) is 0.782. The number of carbonyl (C=O) groups excluding carboxylic acids is 1. The minimum absolute atomic E-state index is 0.0199. The summed E-state index contributed by atoms with van der Waals surface area (Å²) < 4.78 is 5.62. The highest BCUT2D eigenvalue weighted by Gasteiger charge is 2.18. The second-order valence-corrected chi connectivity index (χ2v) is 6.21. The van der Waals surface area contributed by atoms with E-state index in [0.29, 0.717) is 17.3 Å². The van der Waals surface area contributed by atoms with Crippen LogP contribution >= 0.6 is 11.6 Å². The monoisotopic (exact) mass is 331 g/mol. The van der Waals surface area contributed by atoms with Gasteiger partial charge in [-0.15, -0.1) is 0 Å². The minimum Gasteiger partial charge on any atom is -0.484 e. The van der Waals surface area contributed by atoms with Crippen LogP contribution < -0.4 is 4.74 Å². The molecule has 0 aliphatic heterocycles. The van der Waals surface area contributed by atoms with E-state index in [1.54, 1.807) is 12.1 Å². The Morgan fingerprint density at radius 1 is 1.17 bits per heavy atom. The van der Waals surface area contributed by atoms with Gasteiger partial charge in [0, 0.05) is 17.6 Å². The summed E-state index contributed by atoms with van der Waals surface area (Å²) >= 11 is 5.99. The predicted octanol–water partition coefficient (Wildman–Crippen LogP) is 4.46. The van der Waals surface area contributed by atoms with Gasteiger partial charge in [-0.1, -0.05) is 41.9 Å². The molecule has 3 nitrogen and oxygen atoms in total. The first kappa shape index (κ1) is 17.4. The number of hydrogen-bond acceptors (Lipinski definition) is 2. The van der Waals surface area contributed by atoms with Crippen LogP contribution in [-0.4, -0.2) is 23.5 Å². The number of carbonyl (C=O) groups is 1. The molecule has 2 rings (SSSR count). The normalized spacial score (nSPS) is 10.7. The Hall–Kier alpha value is -2.00. The molecule has 0 spiro atoms. The van der Waals surface area contributed by atoms with Gasteiger partial charge in [0.2, 0.25) is 0 Å². The Labute approximate surface area is 142 Å². The molecule has 0 radical (unpaired) electrons. The standard InChI is InChI=1S/C19H22ClNO2/c1-14(2)21(12-16-7-5-4-6-8-16)19(22)13-23-17-9-10-18(20)15(3)11-17/h4-11,14H,12-13H2,1-3H3. The Morgan fingerprint density at radius 3 is 2.48 bits per heavy atom. The smallest absolute Gasteiger partial charge is 0.261 e. The molecule has 122 valence electrons. The average Bonchev–Trinajstić information content (AvgIpc) is 2.54. The predicted molar refractivity (Wildman–Crippen MR) is 93.8 cm³/mol. The van der Waals surface area contributed by atoms with Crippen molar-refractivity contribution in [2.24, 2.45) is 0 Å². The van der Waals surface area contributed by atoms with Gasteiger partial charge in [0.15, 0.2) is 6.61 Å². The average molecular weight is 332 g/mol. The lowest BCUT2D eigenvalue weighted by Crippen LogP contribution is -2.39. The van der Waals surface area contributed by atoms with E-state index in [0.717, 1.165) is 11.1 Å². The minimum atomic E-state index is -0.0311. The van der Waals surface area contributed by atoms with Crippen molar-refractivity contribution in [1.29, 1.82) is 0 Å². The Balaban J connectivity index is 1.99. The Bertz CT molecular complexity index is 656. The molecule has 0 saturated carbocycles. The van der Waals surface area contributed by atoms with E-state index in [2.05, 4.69) is 0 Å². The second-order valence-electron chi connectivity index (χ2n) is 5.80. The lowest BCUT2D eigenvalue weighted by atomic mass is 10.2. The molecule has 0 fully saturated rings. The number of halogens is 1. The van der Waals surface area contributed by atoms with Crippen molar-refractivity contribution in [2.75, 3.05) is 6.61 Å². The van der Waals surface area contributed by atoms with Crippen LogP contribution in [-0.2, 0) is 11.3 Å². The number of benzene rings is 2. The number of hydrogen-bond donors (Lipinski definition) is 0. The van der Waals surface area contributed by atoms with Gasteiger partial charge in [0.1, 0.15) is 5.75 Å². The first-order chi connectivity index (χ1) is 11.0. The van der Waals surface area contributed by atoms with Gasteiger partial charge >= 0.3 is 0 Å². The van der Waals surface area contributed by atoms with Crippen molar-refractivity contribution < 1.29 is 9.53 Å². The van der Waals surface area contributed by atoms with Crippen LogP contribution in [0.4, 0.5) is 0 Å². The fourth-order valence-electron chi connectivity index (χ4n) is 2.27. The lowest BCUT2D eigenvalue weighted by molar-refractivity contribution is -0.135. The molecule has 0 aliphatic rings. The van der Waals surface area contributed by atoms with Crippen molar-refractivity contribution >= 4 is 17.5 Å². The molecule has 0 aliphatic carbocycles. The van der Waals surface area contributed by atoms with Crippen LogP contribution in [0, 0.1) is 6.92 Å². The number of rotatable bonds is 6. The fraction of sp³-hybridized carbons (Fsp3) is 0.316. The Morgan fingerprint density at radius 2 is 1.87 bits per heavy atom. The fourth-order valence-corrected chi connectivity index (χ4v) is 2.39. The zero-order valence-corrected chi connectivity index (χ0v) is 14.5. The molecule has 0 atom stereocenters. The van der Waals surface area contributed by atoms with Gasteiger partial charge < -0.3 is 9.64 Å². The third-order valence-electron chi connectivity index (χ3n) is 3.63. The van der Waals surface area contributed by atoms with Crippen molar-refractivity contribution in [3.63, 3.8) is 0 Å². The van der Waals surface area contributed by atoms with E-state index in [9.17, 15) is 4.79 Å². The van der Waals surface area contributed by atoms with Gasteiger partial charge in [0.05, 0.1) is 0 Å². The molecule has 2 aromatic carbocycles. The highest BCUT2D eigenvalue weighted by molar-refractivity contribution is 6.31. The van der Waals surface area contributed by atoms with Gasteiger partial charge in [-0.25, -0.2) is 0 Å². The van der Waals surface area contributed by atoms with Crippen molar-refractivity contribution in [3.05, 3.63) is 64.7 Å². The molecule has 0 N–H and O–H groups in total. The molecule has 23 heavy (non-hydrogen) atoms. The summed E-state index contributed by atoms with van der Waals surface area (Å²) in [4.78, 5) is 14.3. The molecular weight excluding hydrogens is 310 g/mol. The summed E-state index contributed by atoms with van der Waals surface area (Å²) in [5.74, 6) is 0.625. The van der Waals surface area contributed by atoms with Crippen LogP contribution in [0.5, 0.6) is 5.75 Å². The Kier molecular flexibility index (Phi) is 6.05. The van der Waals surface area contributed by atoms with E-state index < -0.39 is 0 Å². The van der Waals surface area contributed by atoms with Crippen LogP contribution in [0.25, 0.3) is 0 Å². The third kappa shape index (κ3) is 5.00. The third-order valence-corrected chi connectivity index (χ3v) is 4.06. The molecule has 0 saturated heterocycles. The maximum Gasteiger partial charge on any atom is 0.261 e. The van der Waals surface area contributed by atoms with Crippen LogP contribution in [0.1, 0.15) is 25.0 Å². The number of nitrogens with zero attached hydrogens (tertiary/aromatic N) is 1. The van der Waals surface area contributed by atoms with E-state index in [-0.39, 0.29) is 18.6 Å². The van der Waals surface area contributed by atoms with E-state index in [1.807, 2.05) is 62.1 Å². The molecule has 0 aromatic heterocycles. The van der Waals surface area contributed by atoms with Crippen LogP contribution in [0.15, 0.2) is 48.5 Å². The van der Waals surface area contributed by atoms with E-state index >= 15 is 0 Å². The van der Waals surface area contributed by atoms with Crippen molar-refractivity contribution in [2.45, 2.75) is 33.4 Å². The summed E-state index contributed by atoms with van der Waals surface area (Å²) in [6.45, 7) is 6.53. The zero-order valence-electron chi connectivity index (χ0n) is 13.8. The van der Waals surface area contributed by atoms with Gasteiger partial charge in [-0.05, 0) is 50.1 Å². The maximum atomic E-state index is 12.5. The molecule has 0 bridgehead atoms. The summed E-state index contributed by atoms with van der Waals surface area (Å²) in [6, 6.07) is 15.5. The summed E-state index contributed by atoms with van der Waals surface area (Å²) in [5, 5.41) is 0.691. The molecular formula is C19H22ClNO2.